The molecule has 4 aromatic rings. The highest BCUT2D eigenvalue weighted by Gasteiger charge is 2.19. The summed E-state index contributed by atoms with van der Waals surface area (Å²) in [6, 6.07) is 3.60. The summed E-state index contributed by atoms with van der Waals surface area (Å²) in [5.74, 6) is -1.49. The van der Waals surface area contributed by atoms with E-state index in [1.165, 1.54) is 11.3 Å². The number of hydrogen-bond donors (Lipinski definition) is 2. The molecule has 0 aliphatic carbocycles. The van der Waals surface area contributed by atoms with Gasteiger partial charge in [-0.15, -0.1) is 22.7 Å². The zero-order valence-corrected chi connectivity index (χ0v) is 18.1. The van der Waals surface area contributed by atoms with E-state index in [4.69, 9.17) is 9.47 Å². The van der Waals surface area contributed by atoms with Gasteiger partial charge in [0.25, 0.3) is 0 Å². The Bertz CT molecular complexity index is 1040. The molecule has 0 saturated carbocycles. The smallest absolute Gasteiger partial charge is 0.357 e. The topological polar surface area (TPSA) is 84.2 Å². The summed E-state index contributed by atoms with van der Waals surface area (Å²) in [6.45, 7) is 4.10. The van der Waals surface area contributed by atoms with Gasteiger partial charge >= 0.3 is 11.9 Å². The van der Waals surface area contributed by atoms with Gasteiger partial charge in [-0.05, 0) is 52.7 Å². The highest BCUT2D eigenvalue weighted by Crippen LogP contribution is 2.31. The van der Waals surface area contributed by atoms with Crippen LogP contribution >= 0.6 is 38.6 Å². The lowest BCUT2D eigenvalue weighted by atomic mass is 10.3. The molecule has 0 radical (unpaired) electrons. The second-order valence-corrected chi connectivity index (χ2v) is 8.02. The lowest BCUT2D eigenvalue weighted by Gasteiger charge is -1.98. The van der Waals surface area contributed by atoms with Crippen molar-refractivity contribution in [1.82, 2.24) is 9.97 Å². The molecule has 0 bridgehead atoms. The van der Waals surface area contributed by atoms with E-state index < -0.39 is 11.8 Å². The normalized spacial score (nSPS) is 10.3. The fourth-order valence-electron chi connectivity index (χ4n) is 2.45. The minimum absolute atomic E-state index is 0. The van der Waals surface area contributed by atoms with Crippen LogP contribution in [0.1, 0.15) is 42.3 Å². The number of fused-ring (bicyclic) bond motifs is 2. The maximum Gasteiger partial charge on any atom is 0.357 e. The highest BCUT2D eigenvalue weighted by molar-refractivity contribution is 9.10. The van der Waals surface area contributed by atoms with Gasteiger partial charge in [0, 0.05) is 10.8 Å². The number of carbonyl (C=O) groups excluding carboxylic acids is 2. The first-order chi connectivity index (χ1) is 13.5. The monoisotopic (exact) mass is 502 g/mol. The van der Waals surface area contributed by atoms with Gasteiger partial charge < -0.3 is 19.4 Å². The molecule has 156 valence electrons. The zero-order chi connectivity index (χ0) is 20.3. The molecule has 4 rings (SSSR count). The van der Waals surface area contributed by atoms with Crippen LogP contribution in [-0.4, -0.2) is 35.1 Å². The number of H-pyrrole nitrogens is 2. The average molecular weight is 503 g/mol. The highest BCUT2D eigenvalue weighted by atomic mass is 79.9. The number of nitrogens with one attached hydrogen (secondary N) is 2. The minimum Gasteiger partial charge on any atom is -0.461 e. The maximum absolute atomic E-state index is 13.5. The van der Waals surface area contributed by atoms with Crippen molar-refractivity contribution in [3.8, 4) is 0 Å². The molecule has 4 aromatic heterocycles. The van der Waals surface area contributed by atoms with Crippen molar-refractivity contribution in [2.24, 2.45) is 0 Å². The third kappa shape index (κ3) is 4.71. The summed E-state index contributed by atoms with van der Waals surface area (Å²) in [5, 5.41) is 5.20. The van der Waals surface area contributed by atoms with E-state index in [0.29, 0.717) is 22.5 Å². The number of esters is 2. The van der Waals surface area contributed by atoms with E-state index >= 15 is 0 Å². The Kier molecular flexibility index (Phi) is 8.00. The first kappa shape index (κ1) is 23.1. The lowest BCUT2D eigenvalue weighted by molar-refractivity contribution is 0.0507. The Morgan fingerprint density at radius 2 is 1.45 bits per heavy atom. The van der Waals surface area contributed by atoms with E-state index in [0.717, 1.165) is 14.7 Å². The predicted octanol–water partition coefficient (Wildman–Crippen LogP) is 6.35. The number of carbonyl (C=O) groups is 2. The van der Waals surface area contributed by atoms with E-state index in [9.17, 15) is 14.0 Å². The first-order valence-corrected chi connectivity index (χ1v) is 10.9. The Morgan fingerprint density at radius 1 is 0.966 bits per heavy atom. The summed E-state index contributed by atoms with van der Waals surface area (Å²) in [7, 11) is 0. The van der Waals surface area contributed by atoms with Crippen LogP contribution in [0.15, 0.2) is 27.4 Å². The fourth-order valence-corrected chi connectivity index (χ4v) is 4.76. The van der Waals surface area contributed by atoms with Gasteiger partial charge in [-0.3, -0.25) is 0 Å². The van der Waals surface area contributed by atoms with Crippen LogP contribution in [0.3, 0.4) is 0 Å². The van der Waals surface area contributed by atoms with E-state index in [2.05, 4.69) is 25.9 Å². The minimum atomic E-state index is -0.645. The van der Waals surface area contributed by atoms with E-state index in [1.807, 2.05) is 11.4 Å². The number of halogens is 2. The zero-order valence-electron chi connectivity index (χ0n) is 14.9. The molecule has 0 aliphatic heterocycles. The number of rotatable bonds is 4. The van der Waals surface area contributed by atoms with Crippen LogP contribution < -0.4 is 0 Å². The molecule has 0 atom stereocenters. The summed E-state index contributed by atoms with van der Waals surface area (Å²) in [6.07, 6.45) is 0. The molecule has 0 saturated heterocycles. The molecule has 0 amide bonds. The largest absolute Gasteiger partial charge is 0.461 e. The molecule has 10 heteroatoms. The van der Waals surface area contributed by atoms with Crippen LogP contribution in [0, 0.1) is 5.82 Å². The molecule has 4 heterocycles. The second-order valence-electron chi connectivity index (χ2n) is 5.40. The number of aromatic amines is 2. The Labute approximate surface area is 183 Å². The summed E-state index contributed by atoms with van der Waals surface area (Å²) < 4.78 is 23.9. The molecule has 0 aromatic carbocycles. The first-order valence-electron chi connectivity index (χ1n) is 8.31. The van der Waals surface area contributed by atoms with Crippen LogP contribution in [-0.2, 0) is 9.47 Å². The Morgan fingerprint density at radius 3 is 1.97 bits per heavy atom. The average Bonchev–Trinajstić information content (AvgIpc) is 3.41. The third-order valence-corrected chi connectivity index (χ3v) is 6.16. The molecule has 0 unspecified atom stereocenters. The molecular weight excluding hydrogens is 483 g/mol. The molecule has 0 spiro atoms. The Hall–Kier alpha value is -2.17. The predicted molar refractivity (Wildman–Crippen MR) is 119 cm³/mol. The van der Waals surface area contributed by atoms with Crippen molar-refractivity contribution in [2.45, 2.75) is 21.3 Å². The third-order valence-electron chi connectivity index (χ3n) is 3.68. The molecule has 2 N–H and O–H groups in total. The number of thiophene rings is 2. The molecule has 0 aliphatic rings. The fraction of sp³-hybridized carbons (Fsp3) is 0.263. The summed E-state index contributed by atoms with van der Waals surface area (Å²) in [4.78, 5) is 30.1. The second kappa shape index (κ2) is 10.0. The van der Waals surface area contributed by atoms with Crippen LogP contribution in [0.2, 0.25) is 0 Å². The lowest BCUT2D eigenvalue weighted by Crippen LogP contribution is -2.06. The number of hydrogen-bond acceptors (Lipinski definition) is 6. The Balaban J connectivity index is 0.000000200. The van der Waals surface area contributed by atoms with Crippen molar-refractivity contribution < 1.29 is 23.5 Å². The molecule has 29 heavy (non-hydrogen) atoms. The maximum atomic E-state index is 13.5. The van der Waals surface area contributed by atoms with Crippen molar-refractivity contribution in [1.29, 1.82) is 0 Å². The van der Waals surface area contributed by atoms with Crippen molar-refractivity contribution in [3.05, 3.63) is 44.6 Å². The van der Waals surface area contributed by atoms with Crippen molar-refractivity contribution in [3.63, 3.8) is 0 Å². The van der Waals surface area contributed by atoms with Gasteiger partial charge in [-0.1, -0.05) is 7.43 Å². The summed E-state index contributed by atoms with van der Waals surface area (Å²) >= 11 is 6.30. The quantitative estimate of drug-likeness (QED) is 0.318. The molecule has 6 nitrogen and oxygen atoms in total. The number of aromatic nitrogens is 2. The van der Waals surface area contributed by atoms with Gasteiger partial charge in [-0.2, -0.15) is 0 Å². The standard InChI is InChI=1S/C9H8BrNO2S.C9H8FNO2S.CH4/c2*1-2-13-9(12)7-6(10)5-3-4-14-8(5)11-7;/h2*3-4,11H,2H2,1H3;1H4. The van der Waals surface area contributed by atoms with Crippen molar-refractivity contribution in [2.75, 3.05) is 13.2 Å². The van der Waals surface area contributed by atoms with Gasteiger partial charge in [-0.25, -0.2) is 14.0 Å². The molecule has 0 fully saturated rings. The van der Waals surface area contributed by atoms with Crippen LogP contribution in [0.25, 0.3) is 20.4 Å². The van der Waals surface area contributed by atoms with Crippen molar-refractivity contribution >= 4 is 71.0 Å². The van der Waals surface area contributed by atoms with Crippen LogP contribution in [0.5, 0.6) is 0 Å². The molecular formula is C19H20BrFN2O4S2. The van der Waals surface area contributed by atoms with E-state index in [-0.39, 0.29) is 25.7 Å². The number of ether oxygens (including phenoxy) is 2. The van der Waals surface area contributed by atoms with Gasteiger partial charge in [0.2, 0.25) is 0 Å². The van der Waals surface area contributed by atoms with Gasteiger partial charge in [0.05, 0.1) is 17.7 Å². The van der Waals surface area contributed by atoms with Gasteiger partial charge in [0.1, 0.15) is 15.4 Å². The SMILES string of the molecule is C.CCOC(=O)c1[nH]c2sccc2c1Br.CCOC(=O)c1[nH]c2sccc2c1F. The van der Waals surface area contributed by atoms with Gasteiger partial charge in [0.15, 0.2) is 11.5 Å². The summed E-state index contributed by atoms with van der Waals surface area (Å²) in [5.41, 5.74) is 0.405. The van der Waals surface area contributed by atoms with Crippen LogP contribution in [0.4, 0.5) is 4.39 Å². The van der Waals surface area contributed by atoms with E-state index in [1.54, 1.807) is 36.6 Å².